The Morgan fingerprint density at radius 1 is 1.00 bits per heavy atom. The highest BCUT2D eigenvalue weighted by molar-refractivity contribution is 5.95. The lowest BCUT2D eigenvalue weighted by molar-refractivity contribution is 0.0697. The molecule has 0 radical (unpaired) electrons. The fraction of sp³-hybridized carbons (Fsp3) is 0.222. The smallest absolute Gasteiger partial charge is 0.297 e. The molecule has 8 nitrogen and oxygen atoms in total. The first-order chi connectivity index (χ1) is 12.5. The van der Waals surface area contributed by atoms with E-state index in [-0.39, 0.29) is 11.4 Å². The number of nitrogens with zero attached hydrogens (tertiary/aromatic N) is 1. The van der Waals surface area contributed by atoms with Gasteiger partial charge >= 0.3 is 0 Å². The standard InChI is InChI=1S/C18H20N2O6/c1-10(11-8-14(24-3)17(26-5)15(9-11)25-4)12-6-7-13(23-2)16(19-12)18(21)20-22/h6-9,22H,1H2,2-5H3,(H,20,21). The van der Waals surface area contributed by atoms with Crippen LogP contribution in [-0.4, -0.2) is 44.5 Å². The number of pyridine rings is 1. The Morgan fingerprint density at radius 2 is 1.58 bits per heavy atom. The van der Waals surface area contributed by atoms with E-state index >= 15 is 0 Å². The van der Waals surface area contributed by atoms with Crippen LogP contribution in [0.5, 0.6) is 23.0 Å². The molecule has 138 valence electrons. The number of carbonyl (C=O) groups is 1. The summed E-state index contributed by atoms with van der Waals surface area (Å²) in [7, 11) is 5.94. The van der Waals surface area contributed by atoms with Gasteiger partial charge in [0.05, 0.1) is 34.1 Å². The van der Waals surface area contributed by atoms with Crippen LogP contribution < -0.4 is 24.4 Å². The molecule has 0 saturated heterocycles. The Balaban J connectivity index is 2.54. The van der Waals surface area contributed by atoms with Gasteiger partial charge in [-0.05, 0) is 29.8 Å². The van der Waals surface area contributed by atoms with Crippen LogP contribution >= 0.6 is 0 Å². The van der Waals surface area contributed by atoms with Crippen molar-refractivity contribution < 1.29 is 28.9 Å². The first-order valence-electron chi connectivity index (χ1n) is 7.49. The highest BCUT2D eigenvalue weighted by Gasteiger charge is 2.19. The van der Waals surface area contributed by atoms with Gasteiger partial charge in [-0.2, -0.15) is 0 Å². The fourth-order valence-electron chi connectivity index (χ4n) is 2.40. The van der Waals surface area contributed by atoms with Crippen molar-refractivity contribution in [1.82, 2.24) is 10.5 Å². The van der Waals surface area contributed by atoms with Crippen molar-refractivity contribution in [2.24, 2.45) is 0 Å². The van der Waals surface area contributed by atoms with Gasteiger partial charge in [0.25, 0.3) is 5.91 Å². The lowest BCUT2D eigenvalue weighted by Crippen LogP contribution is -2.21. The van der Waals surface area contributed by atoms with Crippen molar-refractivity contribution in [2.45, 2.75) is 0 Å². The molecule has 0 unspecified atom stereocenters. The van der Waals surface area contributed by atoms with Crippen LogP contribution in [0.2, 0.25) is 0 Å². The largest absolute Gasteiger partial charge is 0.494 e. The molecule has 0 aliphatic heterocycles. The Morgan fingerprint density at radius 3 is 2.04 bits per heavy atom. The topological polar surface area (TPSA) is 99.1 Å². The van der Waals surface area contributed by atoms with Crippen molar-refractivity contribution in [1.29, 1.82) is 0 Å². The summed E-state index contributed by atoms with van der Waals surface area (Å²) in [4.78, 5) is 16.0. The molecule has 2 aromatic rings. The van der Waals surface area contributed by atoms with E-state index in [9.17, 15) is 4.79 Å². The molecule has 2 rings (SSSR count). The van der Waals surface area contributed by atoms with E-state index in [1.165, 1.54) is 28.4 Å². The van der Waals surface area contributed by atoms with E-state index in [2.05, 4.69) is 11.6 Å². The summed E-state index contributed by atoms with van der Waals surface area (Å²) in [5.74, 6) is 0.809. The summed E-state index contributed by atoms with van der Waals surface area (Å²) in [5, 5.41) is 8.88. The molecule has 0 aliphatic carbocycles. The van der Waals surface area contributed by atoms with Crippen LogP contribution in [0.25, 0.3) is 5.57 Å². The maximum Gasteiger partial charge on any atom is 0.297 e. The van der Waals surface area contributed by atoms with Crippen molar-refractivity contribution in [2.75, 3.05) is 28.4 Å². The molecule has 0 bridgehead atoms. The molecule has 1 aromatic carbocycles. The van der Waals surface area contributed by atoms with Gasteiger partial charge < -0.3 is 18.9 Å². The summed E-state index contributed by atoms with van der Waals surface area (Å²) in [6.45, 7) is 4.03. The highest BCUT2D eigenvalue weighted by atomic mass is 16.5. The van der Waals surface area contributed by atoms with E-state index in [4.69, 9.17) is 24.2 Å². The van der Waals surface area contributed by atoms with Gasteiger partial charge in [-0.1, -0.05) is 6.58 Å². The van der Waals surface area contributed by atoms with E-state index in [0.717, 1.165) is 0 Å². The van der Waals surface area contributed by atoms with Crippen LogP contribution in [0, 0.1) is 0 Å². The second-order valence-electron chi connectivity index (χ2n) is 5.08. The molecule has 2 N–H and O–H groups in total. The number of carbonyl (C=O) groups excluding carboxylic acids is 1. The molecule has 0 atom stereocenters. The average molecular weight is 360 g/mol. The number of methoxy groups -OCH3 is 4. The minimum atomic E-state index is -0.790. The molecule has 1 amide bonds. The first-order valence-corrected chi connectivity index (χ1v) is 7.49. The van der Waals surface area contributed by atoms with Gasteiger partial charge in [0.2, 0.25) is 5.75 Å². The van der Waals surface area contributed by atoms with Crippen molar-refractivity contribution >= 4 is 11.5 Å². The Labute approximate surface area is 150 Å². The minimum Gasteiger partial charge on any atom is -0.494 e. The third-order valence-corrected chi connectivity index (χ3v) is 3.72. The zero-order valence-electron chi connectivity index (χ0n) is 15.0. The third-order valence-electron chi connectivity index (χ3n) is 3.72. The molecule has 1 aromatic heterocycles. The summed E-state index contributed by atoms with van der Waals surface area (Å²) in [5.41, 5.74) is 3.07. The van der Waals surface area contributed by atoms with Gasteiger partial charge in [0, 0.05) is 5.57 Å². The molecule has 0 fully saturated rings. The van der Waals surface area contributed by atoms with E-state index in [1.807, 2.05) is 0 Å². The lowest BCUT2D eigenvalue weighted by Gasteiger charge is -2.15. The van der Waals surface area contributed by atoms with E-state index < -0.39 is 5.91 Å². The monoisotopic (exact) mass is 360 g/mol. The summed E-state index contributed by atoms with van der Waals surface area (Å²) >= 11 is 0. The zero-order valence-corrected chi connectivity index (χ0v) is 15.0. The molecular weight excluding hydrogens is 340 g/mol. The SMILES string of the molecule is C=C(c1cc(OC)c(OC)c(OC)c1)c1ccc(OC)c(C(=O)NO)n1. The van der Waals surface area contributed by atoms with Crippen molar-refractivity contribution in [3.05, 3.63) is 47.8 Å². The maximum absolute atomic E-state index is 11.8. The van der Waals surface area contributed by atoms with Crippen molar-refractivity contribution in [3.63, 3.8) is 0 Å². The van der Waals surface area contributed by atoms with Gasteiger partial charge in [0.15, 0.2) is 17.2 Å². The Kier molecular flexibility index (Phi) is 6.03. The quantitative estimate of drug-likeness (QED) is 0.577. The van der Waals surface area contributed by atoms with Gasteiger partial charge in [-0.3, -0.25) is 10.0 Å². The summed E-state index contributed by atoms with van der Waals surface area (Å²) in [6.07, 6.45) is 0. The van der Waals surface area contributed by atoms with E-state index in [1.54, 1.807) is 29.7 Å². The molecule has 1 heterocycles. The Bertz CT molecular complexity index is 809. The number of hydrogen-bond donors (Lipinski definition) is 2. The number of amides is 1. The van der Waals surface area contributed by atoms with E-state index in [0.29, 0.717) is 34.1 Å². The summed E-state index contributed by atoms with van der Waals surface area (Å²) in [6, 6.07) is 6.66. The third kappa shape index (κ3) is 3.55. The molecule has 0 saturated carbocycles. The van der Waals surface area contributed by atoms with Crippen LogP contribution in [0.1, 0.15) is 21.7 Å². The number of nitrogens with one attached hydrogen (secondary N) is 1. The number of rotatable bonds is 7. The molecular formula is C18H20N2O6. The first kappa shape index (κ1) is 19.1. The summed E-state index contributed by atoms with van der Waals surface area (Å²) < 4.78 is 21.1. The van der Waals surface area contributed by atoms with Gasteiger partial charge in [0.1, 0.15) is 5.75 Å². The Hall–Kier alpha value is -3.26. The number of aromatic nitrogens is 1. The molecule has 0 spiro atoms. The maximum atomic E-state index is 11.8. The predicted octanol–water partition coefficient (Wildman–Crippen LogP) is 2.30. The van der Waals surface area contributed by atoms with Gasteiger partial charge in [-0.15, -0.1) is 0 Å². The van der Waals surface area contributed by atoms with Crippen molar-refractivity contribution in [3.8, 4) is 23.0 Å². The molecule has 0 aliphatic rings. The fourth-order valence-corrected chi connectivity index (χ4v) is 2.40. The predicted molar refractivity (Wildman–Crippen MR) is 94.3 cm³/mol. The highest BCUT2D eigenvalue weighted by Crippen LogP contribution is 2.40. The van der Waals surface area contributed by atoms with Gasteiger partial charge in [-0.25, -0.2) is 10.5 Å². The molecule has 8 heteroatoms. The second-order valence-corrected chi connectivity index (χ2v) is 5.08. The van der Waals surface area contributed by atoms with Crippen LogP contribution in [0.3, 0.4) is 0 Å². The second kappa shape index (κ2) is 8.21. The number of benzene rings is 1. The zero-order chi connectivity index (χ0) is 19.3. The minimum absolute atomic E-state index is 0.0684. The van der Waals surface area contributed by atoms with Crippen LogP contribution in [-0.2, 0) is 0 Å². The number of hydroxylamine groups is 1. The lowest BCUT2D eigenvalue weighted by atomic mass is 10.0. The number of hydrogen-bond acceptors (Lipinski definition) is 7. The normalized spacial score (nSPS) is 10.0. The average Bonchev–Trinajstić information content (AvgIpc) is 2.70. The number of ether oxygens (including phenoxy) is 4. The van der Waals surface area contributed by atoms with Crippen LogP contribution in [0.15, 0.2) is 30.8 Å². The molecule has 26 heavy (non-hydrogen) atoms. The van der Waals surface area contributed by atoms with Crippen LogP contribution in [0.4, 0.5) is 0 Å².